The smallest absolute Gasteiger partial charge is 0.0548 e. The second-order valence-corrected chi connectivity index (χ2v) is 13.4. The van der Waals surface area contributed by atoms with Gasteiger partial charge in [0.25, 0.3) is 0 Å². The molecule has 0 aliphatic rings. The molecule has 0 bridgehead atoms. The fourth-order valence-electron chi connectivity index (χ4n) is 8.38. The fourth-order valence-corrected chi connectivity index (χ4v) is 8.38. The number of benzene rings is 8. The number of hydrogen-bond donors (Lipinski definition) is 0. The Bertz CT molecular complexity index is 3110. The van der Waals surface area contributed by atoms with Crippen LogP contribution in [-0.4, -0.2) is 13.7 Å². The quantitative estimate of drug-likeness (QED) is 0.180. The van der Waals surface area contributed by atoms with Crippen molar-refractivity contribution in [2.45, 2.75) is 0 Å². The Morgan fingerprint density at radius 2 is 0.569 bits per heavy atom. The van der Waals surface area contributed by atoms with Gasteiger partial charge in [0, 0.05) is 49.4 Å². The van der Waals surface area contributed by atoms with E-state index in [0.29, 0.717) is 0 Å². The third-order valence-corrected chi connectivity index (χ3v) is 10.6. The highest BCUT2D eigenvalue weighted by molar-refractivity contribution is 6.19. The Morgan fingerprint density at radius 1 is 0.216 bits per heavy atom. The first-order valence-corrected chi connectivity index (χ1v) is 17.5. The van der Waals surface area contributed by atoms with Crippen molar-refractivity contribution in [3.63, 3.8) is 0 Å². The van der Waals surface area contributed by atoms with Crippen LogP contribution in [0.15, 0.2) is 188 Å². The molecule has 0 unspecified atom stereocenters. The van der Waals surface area contributed by atoms with Crippen molar-refractivity contribution < 1.29 is 0 Å². The largest absolute Gasteiger partial charge is 0.309 e. The molecule has 3 heteroatoms. The predicted octanol–water partition coefficient (Wildman–Crippen LogP) is 12.6. The van der Waals surface area contributed by atoms with E-state index in [1.165, 1.54) is 87.9 Å². The number of aromatic nitrogens is 3. The molecule has 238 valence electrons. The van der Waals surface area contributed by atoms with Crippen LogP contribution in [0.4, 0.5) is 0 Å². The third-order valence-electron chi connectivity index (χ3n) is 10.6. The lowest BCUT2D eigenvalue weighted by Crippen LogP contribution is -1.94. The standard InChI is InChI=1S/C48H31N3/c1-4-14-34(15-5-1)49-43-22-12-10-20-37(43)40-28-32(25-27-45(40)49)33-24-26-39-42-31-47-41(30-48(42)51(46(39)29-33)36-18-8-3-9-19-36)38-21-11-13-23-44(38)50(47)35-16-6-2-7-17-35/h1-31H. The Kier molecular flexibility index (Phi) is 5.96. The van der Waals surface area contributed by atoms with E-state index in [0.717, 1.165) is 5.69 Å². The zero-order valence-electron chi connectivity index (χ0n) is 27.7. The van der Waals surface area contributed by atoms with Crippen molar-refractivity contribution >= 4 is 65.4 Å². The van der Waals surface area contributed by atoms with E-state index in [1.807, 2.05) is 0 Å². The minimum absolute atomic E-state index is 1.15. The van der Waals surface area contributed by atoms with Crippen LogP contribution in [0.5, 0.6) is 0 Å². The van der Waals surface area contributed by atoms with Gasteiger partial charge < -0.3 is 13.7 Å². The van der Waals surface area contributed by atoms with E-state index in [1.54, 1.807) is 0 Å². The van der Waals surface area contributed by atoms with Crippen LogP contribution in [0.3, 0.4) is 0 Å². The summed E-state index contributed by atoms with van der Waals surface area (Å²) in [6.07, 6.45) is 0. The van der Waals surface area contributed by atoms with Crippen molar-refractivity contribution in [2.24, 2.45) is 0 Å². The first-order valence-electron chi connectivity index (χ1n) is 17.5. The van der Waals surface area contributed by atoms with Gasteiger partial charge in [-0.1, -0.05) is 109 Å². The molecule has 0 fully saturated rings. The lowest BCUT2D eigenvalue weighted by atomic mass is 10.0. The van der Waals surface area contributed by atoms with E-state index in [4.69, 9.17) is 0 Å². The molecule has 3 aromatic heterocycles. The minimum Gasteiger partial charge on any atom is -0.309 e. The maximum atomic E-state index is 2.45. The van der Waals surface area contributed by atoms with E-state index in [9.17, 15) is 0 Å². The van der Waals surface area contributed by atoms with Crippen molar-refractivity contribution in [1.29, 1.82) is 0 Å². The molecule has 8 aromatic carbocycles. The first-order chi connectivity index (χ1) is 25.3. The van der Waals surface area contributed by atoms with E-state index in [2.05, 4.69) is 202 Å². The highest BCUT2D eigenvalue weighted by atomic mass is 15.0. The van der Waals surface area contributed by atoms with Gasteiger partial charge in [-0.2, -0.15) is 0 Å². The normalized spacial score (nSPS) is 11.9. The summed E-state index contributed by atoms with van der Waals surface area (Å²) in [5.74, 6) is 0. The van der Waals surface area contributed by atoms with Gasteiger partial charge in [0.05, 0.1) is 33.1 Å². The van der Waals surface area contributed by atoms with E-state index >= 15 is 0 Å². The molecule has 0 spiro atoms. The van der Waals surface area contributed by atoms with Crippen molar-refractivity contribution in [3.05, 3.63) is 188 Å². The number of hydrogen-bond acceptors (Lipinski definition) is 0. The summed E-state index contributed by atoms with van der Waals surface area (Å²) in [5, 5.41) is 7.51. The fraction of sp³-hybridized carbons (Fsp3) is 0. The second-order valence-electron chi connectivity index (χ2n) is 13.4. The summed E-state index contributed by atoms with van der Waals surface area (Å²) in [7, 11) is 0. The average Bonchev–Trinajstić information content (AvgIpc) is 3.82. The summed E-state index contributed by atoms with van der Waals surface area (Å²) in [4.78, 5) is 0. The molecule has 0 saturated heterocycles. The van der Waals surface area contributed by atoms with Gasteiger partial charge in [-0.25, -0.2) is 0 Å². The lowest BCUT2D eigenvalue weighted by Gasteiger charge is -2.10. The predicted molar refractivity (Wildman–Crippen MR) is 215 cm³/mol. The monoisotopic (exact) mass is 649 g/mol. The Morgan fingerprint density at radius 3 is 1.12 bits per heavy atom. The van der Waals surface area contributed by atoms with Gasteiger partial charge in [0.2, 0.25) is 0 Å². The second kappa shape index (κ2) is 10.8. The number of para-hydroxylation sites is 5. The summed E-state index contributed by atoms with van der Waals surface area (Å²) in [6.45, 7) is 0. The van der Waals surface area contributed by atoms with E-state index in [-0.39, 0.29) is 0 Å². The van der Waals surface area contributed by atoms with Gasteiger partial charge in [-0.15, -0.1) is 0 Å². The van der Waals surface area contributed by atoms with Crippen LogP contribution in [0.2, 0.25) is 0 Å². The summed E-state index contributed by atoms with van der Waals surface area (Å²) < 4.78 is 7.23. The molecular formula is C48H31N3. The van der Waals surface area contributed by atoms with Crippen LogP contribution < -0.4 is 0 Å². The summed E-state index contributed by atoms with van der Waals surface area (Å²) in [6, 6.07) is 68.4. The molecule has 0 saturated carbocycles. The zero-order valence-corrected chi connectivity index (χ0v) is 27.7. The minimum atomic E-state index is 1.15. The van der Waals surface area contributed by atoms with Gasteiger partial charge in [0.15, 0.2) is 0 Å². The molecule has 0 aliphatic carbocycles. The Labute approximate surface area is 294 Å². The van der Waals surface area contributed by atoms with Crippen LogP contribution in [0.25, 0.3) is 93.6 Å². The van der Waals surface area contributed by atoms with Gasteiger partial charge in [-0.3, -0.25) is 0 Å². The van der Waals surface area contributed by atoms with Gasteiger partial charge in [0.1, 0.15) is 0 Å². The van der Waals surface area contributed by atoms with Gasteiger partial charge in [-0.05, 0) is 90.0 Å². The molecule has 0 N–H and O–H groups in total. The summed E-state index contributed by atoms with van der Waals surface area (Å²) >= 11 is 0. The van der Waals surface area contributed by atoms with Crippen LogP contribution in [0, 0.1) is 0 Å². The number of fused-ring (bicyclic) bond motifs is 9. The molecule has 11 aromatic rings. The topological polar surface area (TPSA) is 14.8 Å². The zero-order chi connectivity index (χ0) is 33.5. The molecule has 0 atom stereocenters. The van der Waals surface area contributed by atoms with Crippen molar-refractivity contribution in [2.75, 3.05) is 0 Å². The first kappa shape index (κ1) is 28.0. The SMILES string of the molecule is c1ccc(-n2c3ccccc3c3cc(-c4ccc5c6cc7c(cc6n(-c6ccccc6)c5c4)c4ccccc4n7-c4ccccc4)ccc32)cc1. The summed E-state index contributed by atoms with van der Waals surface area (Å²) in [5.41, 5.74) is 13.2. The highest BCUT2D eigenvalue weighted by Crippen LogP contribution is 2.41. The highest BCUT2D eigenvalue weighted by Gasteiger charge is 2.19. The van der Waals surface area contributed by atoms with Crippen LogP contribution in [0.1, 0.15) is 0 Å². The van der Waals surface area contributed by atoms with Crippen LogP contribution >= 0.6 is 0 Å². The molecule has 11 rings (SSSR count). The molecule has 0 aliphatic heterocycles. The maximum absolute atomic E-state index is 2.45. The van der Waals surface area contributed by atoms with Gasteiger partial charge >= 0.3 is 0 Å². The molecular weight excluding hydrogens is 619 g/mol. The number of nitrogens with zero attached hydrogens (tertiary/aromatic N) is 3. The van der Waals surface area contributed by atoms with E-state index < -0.39 is 0 Å². The maximum Gasteiger partial charge on any atom is 0.0548 e. The lowest BCUT2D eigenvalue weighted by molar-refractivity contribution is 1.17. The Balaban J connectivity index is 1.18. The molecule has 51 heavy (non-hydrogen) atoms. The molecule has 0 amide bonds. The number of rotatable bonds is 4. The van der Waals surface area contributed by atoms with Crippen molar-refractivity contribution in [3.8, 4) is 28.2 Å². The Hall–Kier alpha value is -6.84. The average molecular weight is 650 g/mol. The molecule has 3 nitrogen and oxygen atoms in total. The van der Waals surface area contributed by atoms with Crippen LogP contribution in [-0.2, 0) is 0 Å². The van der Waals surface area contributed by atoms with Crippen molar-refractivity contribution in [1.82, 2.24) is 13.7 Å². The molecule has 0 radical (unpaired) electrons. The third kappa shape index (κ3) is 4.12. The molecule has 3 heterocycles.